The van der Waals surface area contributed by atoms with E-state index < -0.39 is 8.16 Å². The first-order valence-corrected chi connectivity index (χ1v) is 14.5. The number of methoxy groups -OCH3 is 2. The number of likely N-dealkylation sites (N-methyl/N-ethyl adjacent to an activating group) is 2. The third-order valence-corrected chi connectivity index (χ3v) is 9.17. The summed E-state index contributed by atoms with van der Waals surface area (Å²) in [6.07, 6.45) is 4.76. The van der Waals surface area contributed by atoms with Crippen LogP contribution in [0.4, 0.5) is 0 Å². The van der Waals surface area contributed by atoms with Crippen LogP contribution < -0.4 is 19.5 Å². The second kappa shape index (κ2) is 10.6. The van der Waals surface area contributed by atoms with Crippen LogP contribution >= 0.6 is 8.16 Å². The summed E-state index contributed by atoms with van der Waals surface area (Å²) < 4.78 is 27.9. The molecule has 7 heteroatoms. The molecule has 0 aliphatic heterocycles. The molecule has 1 aliphatic carbocycles. The maximum Gasteiger partial charge on any atom is 0.309 e. The molecule has 1 N–H and O–H groups in total. The quantitative estimate of drug-likeness (QED) is 0.362. The van der Waals surface area contributed by atoms with Gasteiger partial charge in [-0.3, -0.25) is 0 Å². The molecule has 0 spiro atoms. The summed E-state index contributed by atoms with van der Waals surface area (Å²) in [6.45, 7) is 13.3. The van der Waals surface area contributed by atoms with Crippen molar-refractivity contribution in [1.29, 1.82) is 0 Å². The van der Waals surface area contributed by atoms with Gasteiger partial charge in [0, 0.05) is 41.0 Å². The zero-order valence-electron chi connectivity index (χ0n) is 24.3. The minimum atomic E-state index is -1.43. The second-order valence-electron chi connectivity index (χ2n) is 12.3. The number of nitrogens with zero attached hydrogens (tertiary/aromatic N) is 1. The molecule has 1 aliphatic rings. The minimum Gasteiger partial charge on any atom is -0.497 e. The number of nitrogens with one attached hydrogen (secondary N) is 1. The number of ether oxygens (including phenoxy) is 2. The average Bonchev–Trinajstić information content (AvgIpc) is 3.02. The summed E-state index contributed by atoms with van der Waals surface area (Å²) in [7, 11) is 6.24. The highest BCUT2D eigenvalue weighted by molar-refractivity contribution is 7.39. The standard InChI is InChI=1S/C30H45N2O4P/c1-29(2,3)23-17-19(33-9)15-21-22-16-20(34-10)18-24(30(4,5)6)28(22)36-37(35-27(21)23)32(8)26-14-12-11-13-25(26)31-7/h15-18,25-26,31H,11-14H2,1-10H3/t25-,26-/m1/s1. The predicted octanol–water partition coefficient (Wildman–Crippen LogP) is 8.00. The van der Waals surface area contributed by atoms with E-state index in [1.54, 1.807) is 14.2 Å². The summed E-state index contributed by atoms with van der Waals surface area (Å²) in [4.78, 5) is 0. The number of benzene rings is 2. The van der Waals surface area contributed by atoms with Gasteiger partial charge in [-0.2, -0.15) is 0 Å². The fourth-order valence-electron chi connectivity index (χ4n) is 5.47. The minimum absolute atomic E-state index is 0.160. The average molecular weight is 529 g/mol. The highest BCUT2D eigenvalue weighted by Crippen LogP contribution is 2.46. The normalized spacial score (nSPS) is 19.0. The number of fused-ring (bicyclic) bond motifs is 3. The van der Waals surface area contributed by atoms with Gasteiger partial charge in [0.25, 0.3) is 0 Å². The van der Waals surface area contributed by atoms with Crippen molar-refractivity contribution in [2.45, 2.75) is 90.1 Å². The molecule has 1 aromatic heterocycles. The van der Waals surface area contributed by atoms with Gasteiger partial charge in [0.05, 0.1) is 14.2 Å². The lowest BCUT2D eigenvalue weighted by Gasteiger charge is -2.35. The Morgan fingerprint density at radius 2 is 1.27 bits per heavy atom. The van der Waals surface area contributed by atoms with Crippen molar-refractivity contribution in [3.63, 3.8) is 0 Å². The van der Waals surface area contributed by atoms with Gasteiger partial charge in [0.15, 0.2) is 0 Å². The first kappa shape index (κ1) is 27.9. The lowest BCUT2D eigenvalue weighted by molar-refractivity contribution is 0.339. The van der Waals surface area contributed by atoms with Crippen molar-refractivity contribution in [1.82, 2.24) is 5.32 Å². The molecule has 3 aromatic rings. The third-order valence-electron chi connectivity index (χ3n) is 7.68. The van der Waals surface area contributed by atoms with Crippen LogP contribution in [-0.2, 0) is 10.8 Å². The van der Waals surface area contributed by atoms with Gasteiger partial charge in [0.1, 0.15) is 22.7 Å². The van der Waals surface area contributed by atoms with Gasteiger partial charge in [0.2, 0.25) is 0 Å². The van der Waals surface area contributed by atoms with Crippen LogP contribution in [-0.4, -0.2) is 40.4 Å². The Balaban J connectivity index is 2.19. The van der Waals surface area contributed by atoms with E-state index in [9.17, 15) is 0 Å². The molecule has 4 rings (SSSR count). The fraction of sp³-hybridized carbons (Fsp3) is 0.600. The van der Waals surface area contributed by atoms with Crippen molar-refractivity contribution in [2.75, 3.05) is 33.0 Å². The zero-order valence-corrected chi connectivity index (χ0v) is 25.2. The van der Waals surface area contributed by atoms with Crippen molar-refractivity contribution in [3.05, 3.63) is 35.4 Å². The molecule has 1 saturated carbocycles. The van der Waals surface area contributed by atoms with Gasteiger partial charge < -0.3 is 23.2 Å². The number of hydrogen-bond donors (Lipinski definition) is 1. The maximum absolute atomic E-state index is 6.99. The number of rotatable bonds is 5. The maximum atomic E-state index is 6.99. The van der Waals surface area contributed by atoms with E-state index in [4.69, 9.17) is 17.9 Å². The van der Waals surface area contributed by atoms with E-state index >= 15 is 0 Å². The summed E-state index contributed by atoms with van der Waals surface area (Å²) in [6, 6.07) is 9.12. The van der Waals surface area contributed by atoms with Crippen LogP contribution in [0, 0.1) is 0 Å². The summed E-state index contributed by atoms with van der Waals surface area (Å²) >= 11 is 0. The molecule has 1 fully saturated rings. The molecular formula is C30H45N2O4P. The summed E-state index contributed by atoms with van der Waals surface area (Å²) in [5.41, 5.74) is 3.63. The van der Waals surface area contributed by atoms with Crippen LogP contribution in [0.25, 0.3) is 21.9 Å². The Kier molecular flexibility index (Phi) is 7.95. The molecule has 2 atom stereocenters. The van der Waals surface area contributed by atoms with Gasteiger partial charge in [-0.1, -0.05) is 54.4 Å². The first-order chi connectivity index (χ1) is 17.4. The zero-order chi connectivity index (χ0) is 27.1. The van der Waals surface area contributed by atoms with Crippen LogP contribution in [0.1, 0.15) is 78.4 Å². The van der Waals surface area contributed by atoms with Crippen LogP contribution in [0.15, 0.2) is 32.7 Å². The Labute approximate surface area is 223 Å². The molecule has 0 unspecified atom stereocenters. The molecule has 1 heterocycles. The largest absolute Gasteiger partial charge is 0.497 e. The highest BCUT2D eigenvalue weighted by atomic mass is 31.1. The Morgan fingerprint density at radius 3 is 1.68 bits per heavy atom. The van der Waals surface area contributed by atoms with E-state index in [0.717, 1.165) is 57.4 Å². The monoisotopic (exact) mass is 528 g/mol. The van der Waals surface area contributed by atoms with Crippen molar-refractivity contribution >= 4 is 30.1 Å². The van der Waals surface area contributed by atoms with Gasteiger partial charge in [-0.25, -0.2) is 4.67 Å². The summed E-state index contributed by atoms with van der Waals surface area (Å²) in [5, 5.41) is 5.52. The van der Waals surface area contributed by atoms with Crippen molar-refractivity contribution in [2.24, 2.45) is 0 Å². The molecule has 0 bridgehead atoms. The SMILES string of the molecule is CN[C@@H]1CCCC[C@H]1N(C)p1oc2c(C(C)(C)C)cc(OC)cc2c2cc(OC)cc(C(C)(C)C)c2o1. The van der Waals surface area contributed by atoms with Gasteiger partial charge in [-0.15, -0.1) is 0 Å². The third kappa shape index (κ3) is 5.53. The molecule has 204 valence electrons. The lowest BCUT2D eigenvalue weighted by Crippen LogP contribution is -2.48. The van der Waals surface area contributed by atoms with Crippen molar-refractivity contribution in [3.8, 4) is 11.5 Å². The molecular weight excluding hydrogens is 483 g/mol. The Hall–Kier alpha value is -2.14. The fourth-order valence-corrected chi connectivity index (χ4v) is 6.99. The highest BCUT2D eigenvalue weighted by Gasteiger charge is 2.32. The van der Waals surface area contributed by atoms with Crippen LogP contribution in [0.3, 0.4) is 0 Å². The molecule has 0 saturated heterocycles. The van der Waals surface area contributed by atoms with Crippen molar-refractivity contribution < 1.29 is 17.9 Å². The molecule has 0 amide bonds. The lowest BCUT2D eigenvalue weighted by atomic mass is 9.84. The number of hydrogen-bond acceptors (Lipinski definition) is 6. The smallest absolute Gasteiger partial charge is 0.309 e. The molecule has 2 aromatic carbocycles. The van der Waals surface area contributed by atoms with Gasteiger partial charge in [-0.05, 0) is 55.0 Å². The van der Waals surface area contributed by atoms with E-state index in [0.29, 0.717) is 12.1 Å². The molecule has 6 nitrogen and oxygen atoms in total. The predicted molar refractivity (Wildman–Crippen MR) is 156 cm³/mol. The van der Waals surface area contributed by atoms with Gasteiger partial charge >= 0.3 is 8.16 Å². The summed E-state index contributed by atoms with van der Waals surface area (Å²) in [5.74, 6) is 1.61. The van der Waals surface area contributed by atoms with Crippen LogP contribution in [0.2, 0.25) is 0 Å². The van der Waals surface area contributed by atoms with E-state index in [1.165, 1.54) is 12.8 Å². The van der Waals surface area contributed by atoms with E-state index in [2.05, 4.69) is 89.9 Å². The molecule has 0 radical (unpaired) electrons. The first-order valence-electron chi connectivity index (χ1n) is 13.4. The Bertz CT molecular complexity index is 1220. The topological polar surface area (TPSA) is 60.0 Å². The van der Waals surface area contributed by atoms with E-state index in [1.807, 2.05) is 0 Å². The van der Waals surface area contributed by atoms with E-state index in [-0.39, 0.29) is 10.8 Å². The van der Waals surface area contributed by atoms with Crippen LogP contribution in [0.5, 0.6) is 11.5 Å². The second-order valence-corrected chi connectivity index (χ2v) is 13.8. The molecule has 37 heavy (non-hydrogen) atoms. The Morgan fingerprint density at radius 1 is 0.811 bits per heavy atom.